The molecule has 24 heavy (non-hydrogen) atoms. The highest BCUT2D eigenvalue weighted by Crippen LogP contribution is 2.22. The van der Waals surface area contributed by atoms with Gasteiger partial charge in [0, 0.05) is 6.54 Å². The fraction of sp³-hybridized carbons (Fsp3) is 0.471. The van der Waals surface area contributed by atoms with Crippen molar-refractivity contribution >= 4 is 17.7 Å². The van der Waals surface area contributed by atoms with Crippen molar-refractivity contribution in [1.29, 1.82) is 0 Å². The maximum atomic E-state index is 11.5. The molecule has 1 heterocycles. The SMILES string of the molecule is CCOC(=O)CSc1nnc(COc2cccc(C)c2C)n1CC. The van der Waals surface area contributed by atoms with Crippen LogP contribution in [-0.4, -0.2) is 33.1 Å². The summed E-state index contributed by atoms with van der Waals surface area (Å²) in [5, 5.41) is 9.05. The summed E-state index contributed by atoms with van der Waals surface area (Å²) in [6, 6.07) is 5.98. The lowest BCUT2D eigenvalue weighted by molar-refractivity contribution is -0.139. The number of hydrogen-bond acceptors (Lipinski definition) is 6. The second kappa shape index (κ2) is 8.73. The summed E-state index contributed by atoms with van der Waals surface area (Å²) in [5.74, 6) is 1.57. The van der Waals surface area contributed by atoms with Crippen molar-refractivity contribution in [2.75, 3.05) is 12.4 Å². The number of esters is 1. The number of hydrogen-bond donors (Lipinski definition) is 0. The Morgan fingerprint density at radius 2 is 2.04 bits per heavy atom. The Kier molecular flexibility index (Phi) is 6.66. The summed E-state index contributed by atoms with van der Waals surface area (Å²) < 4.78 is 12.8. The molecule has 0 radical (unpaired) electrons. The van der Waals surface area contributed by atoms with Crippen LogP contribution in [0.3, 0.4) is 0 Å². The maximum Gasteiger partial charge on any atom is 0.316 e. The molecule has 0 fully saturated rings. The number of rotatable bonds is 8. The van der Waals surface area contributed by atoms with Gasteiger partial charge in [0.05, 0.1) is 12.4 Å². The van der Waals surface area contributed by atoms with Crippen LogP contribution in [0, 0.1) is 13.8 Å². The van der Waals surface area contributed by atoms with Gasteiger partial charge in [-0.2, -0.15) is 0 Å². The van der Waals surface area contributed by atoms with Crippen LogP contribution in [0.25, 0.3) is 0 Å². The van der Waals surface area contributed by atoms with Crippen molar-refractivity contribution < 1.29 is 14.3 Å². The van der Waals surface area contributed by atoms with E-state index in [1.54, 1.807) is 6.92 Å². The Bertz CT molecular complexity index is 700. The molecule has 0 saturated carbocycles. The third-order valence-corrected chi connectivity index (χ3v) is 4.59. The normalized spacial score (nSPS) is 10.7. The molecule has 2 rings (SSSR count). The Hall–Kier alpha value is -2.02. The summed E-state index contributed by atoms with van der Waals surface area (Å²) in [7, 11) is 0. The zero-order valence-electron chi connectivity index (χ0n) is 14.5. The zero-order chi connectivity index (χ0) is 17.5. The monoisotopic (exact) mass is 349 g/mol. The molecule has 0 aliphatic rings. The number of thioether (sulfide) groups is 1. The van der Waals surface area contributed by atoms with Crippen LogP contribution in [0.1, 0.15) is 30.8 Å². The molecule has 2 aromatic rings. The predicted molar refractivity (Wildman–Crippen MR) is 93.3 cm³/mol. The van der Waals surface area contributed by atoms with Gasteiger partial charge >= 0.3 is 5.97 Å². The number of ether oxygens (including phenoxy) is 2. The summed E-state index contributed by atoms with van der Waals surface area (Å²) in [6.07, 6.45) is 0. The first-order valence-electron chi connectivity index (χ1n) is 7.96. The predicted octanol–water partition coefficient (Wildman–Crippen LogP) is 3.15. The smallest absolute Gasteiger partial charge is 0.316 e. The number of benzene rings is 1. The average Bonchev–Trinajstić information content (AvgIpc) is 2.96. The molecular weight excluding hydrogens is 326 g/mol. The fourth-order valence-electron chi connectivity index (χ4n) is 2.20. The molecule has 0 saturated heterocycles. The number of nitrogens with zero attached hydrogens (tertiary/aromatic N) is 3. The molecule has 0 amide bonds. The molecule has 130 valence electrons. The lowest BCUT2D eigenvalue weighted by atomic mass is 10.1. The van der Waals surface area contributed by atoms with Crippen molar-refractivity contribution in [2.24, 2.45) is 0 Å². The molecule has 0 atom stereocenters. The van der Waals surface area contributed by atoms with E-state index >= 15 is 0 Å². The van der Waals surface area contributed by atoms with Crippen LogP contribution in [0.5, 0.6) is 5.75 Å². The third kappa shape index (κ3) is 4.50. The first kappa shape index (κ1) is 18.3. The van der Waals surface area contributed by atoms with E-state index in [4.69, 9.17) is 9.47 Å². The Morgan fingerprint density at radius 3 is 2.75 bits per heavy atom. The van der Waals surface area contributed by atoms with E-state index in [2.05, 4.69) is 23.2 Å². The highest BCUT2D eigenvalue weighted by molar-refractivity contribution is 7.99. The topological polar surface area (TPSA) is 66.2 Å². The van der Waals surface area contributed by atoms with Gasteiger partial charge in [0.1, 0.15) is 12.4 Å². The molecule has 0 aliphatic carbocycles. The molecule has 1 aromatic heterocycles. The van der Waals surface area contributed by atoms with Gasteiger partial charge in [-0.25, -0.2) is 0 Å². The van der Waals surface area contributed by atoms with E-state index in [0.29, 0.717) is 24.9 Å². The van der Waals surface area contributed by atoms with Gasteiger partial charge in [-0.15, -0.1) is 10.2 Å². The molecule has 0 aliphatic heterocycles. The highest BCUT2D eigenvalue weighted by Gasteiger charge is 2.14. The van der Waals surface area contributed by atoms with Crippen LogP contribution >= 0.6 is 11.8 Å². The molecule has 0 bridgehead atoms. The first-order valence-corrected chi connectivity index (χ1v) is 8.94. The molecule has 0 N–H and O–H groups in total. The highest BCUT2D eigenvalue weighted by atomic mass is 32.2. The van der Waals surface area contributed by atoms with Crippen molar-refractivity contribution in [3.8, 4) is 5.75 Å². The summed E-state index contributed by atoms with van der Waals surface area (Å²) >= 11 is 1.33. The van der Waals surface area contributed by atoms with Crippen molar-refractivity contribution in [3.63, 3.8) is 0 Å². The van der Waals surface area contributed by atoms with E-state index in [1.807, 2.05) is 30.5 Å². The van der Waals surface area contributed by atoms with Gasteiger partial charge in [-0.3, -0.25) is 4.79 Å². The fourth-order valence-corrected chi connectivity index (χ4v) is 3.02. The van der Waals surface area contributed by atoms with Gasteiger partial charge in [-0.1, -0.05) is 23.9 Å². The molecule has 1 aromatic carbocycles. The van der Waals surface area contributed by atoms with Gasteiger partial charge in [0.25, 0.3) is 0 Å². The number of aromatic nitrogens is 3. The lowest BCUT2D eigenvalue weighted by Crippen LogP contribution is -2.10. The summed E-state index contributed by atoms with van der Waals surface area (Å²) in [5.41, 5.74) is 2.31. The largest absolute Gasteiger partial charge is 0.485 e. The van der Waals surface area contributed by atoms with E-state index in [0.717, 1.165) is 17.1 Å². The molecule has 0 spiro atoms. The minimum Gasteiger partial charge on any atom is -0.485 e. The lowest BCUT2D eigenvalue weighted by Gasteiger charge is -2.11. The zero-order valence-corrected chi connectivity index (χ0v) is 15.4. The third-order valence-electron chi connectivity index (χ3n) is 3.65. The van der Waals surface area contributed by atoms with Gasteiger partial charge in [-0.05, 0) is 44.9 Å². The van der Waals surface area contributed by atoms with Crippen LogP contribution in [0.15, 0.2) is 23.4 Å². The maximum absolute atomic E-state index is 11.5. The minimum absolute atomic E-state index is 0.226. The second-order valence-electron chi connectivity index (χ2n) is 5.22. The Balaban J connectivity index is 2.03. The minimum atomic E-state index is -0.249. The number of carbonyl (C=O) groups is 1. The van der Waals surface area contributed by atoms with Crippen molar-refractivity contribution in [3.05, 3.63) is 35.2 Å². The Morgan fingerprint density at radius 1 is 1.25 bits per heavy atom. The number of carbonyl (C=O) groups excluding carboxylic acids is 1. The standard InChI is InChI=1S/C17H23N3O3S/c1-5-20-15(10-23-14-9-7-8-12(3)13(14)4)18-19-17(20)24-11-16(21)22-6-2/h7-9H,5-6,10-11H2,1-4H3. The van der Waals surface area contributed by atoms with Crippen LogP contribution in [-0.2, 0) is 22.7 Å². The van der Waals surface area contributed by atoms with Gasteiger partial charge in [0.15, 0.2) is 11.0 Å². The molecule has 0 unspecified atom stereocenters. The van der Waals surface area contributed by atoms with Crippen LogP contribution in [0.2, 0.25) is 0 Å². The van der Waals surface area contributed by atoms with E-state index in [1.165, 1.54) is 17.3 Å². The van der Waals surface area contributed by atoms with Gasteiger partial charge < -0.3 is 14.0 Å². The van der Waals surface area contributed by atoms with Crippen molar-refractivity contribution in [2.45, 2.75) is 46.0 Å². The van der Waals surface area contributed by atoms with Crippen LogP contribution in [0.4, 0.5) is 0 Å². The Labute approximate surface area is 146 Å². The second-order valence-corrected chi connectivity index (χ2v) is 6.17. The van der Waals surface area contributed by atoms with E-state index < -0.39 is 0 Å². The van der Waals surface area contributed by atoms with E-state index in [-0.39, 0.29) is 11.7 Å². The van der Waals surface area contributed by atoms with E-state index in [9.17, 15) is 4.79 Å². The summed E-state index contributed by atoms with van der Waals surface area (Å²) in [6.45, 7) is 9.33. The first-order chi connectivity index (χ1) is 11.6. The van der Waals surface area contributed by atoms with Crippen molar-refractivity contribution in [1.82, 2.24) is 14.8 Å². The summed E-state index contributed by atoms with van der Waals surface area (Å²) in [4.78, 5) is 11.5. The van der Waals surface area contributed by atoms with Gasteiger partial charge in [0.2, 0.25) is 0 Å². The van der Waals surface area contributed by atoms with Crippen LogP contribution < -0.4 is 4.74 Å². The molecule has 6 nitrogen and oxygen atoms in total. The quantitative estimate of drug-likeness (QED) is 0.539. The molecular formula is C17H23N3O3S. The number of aryl methyl sites for hydroxylation is 1. The molecule has 7 heteroatoms. The average molecular weight is 349 g/mol.